The molecule has 10 heteroatoms. The van der Waals surface area contributed by atoms with Crippen LogP contribution in [0, 0.1) is 27.7 Å². The van der Waals surface area contributed by atoms with Gasteiger partial charge in [-0.05, 0) is 70.9 Å². The Labute approximate surface area is 419 Å². The highest BCUT2D eigenvalue weighted by atomic mass is 16.5. The average molecular weight is 945 g/mol. The summed E-state index contributed by atoms with van der Waals surface area (Å²) in [5, 5.41) is 18.6. The molecule has 0 amide bonds. The fourth-order valence-electron chi connectivity index (χ4n) is 8.96. The Hall–Kier alpha value is -6.68. The Morgan fingerprint density at radius 1 is 0.329 bits per heavy atom. The van der Waals surface area contributed by atoms with Crippen molar-refractivity contribution in [1.29, 1.82) is 0 Å². The van der Waals surface area contributed by atoms with Crippen molar-refractivity contribution in [2.24, 2.45) is 0 Å². The minimum atomic E-state index is 0.748. The normalized spacial score (nSPS) is 13.0. The summed E-state index contributed by atoms with van der Waals surface area (Å²) in [5.41, 5.74) is 17.0. The molecule has 372 valence electrons. The fourth-order valence-corrected chi connectivity index (χ4v) is 8.96. The maximum absolute atomic E-state index is 5.66. The zero-order valence-corrected chi connectivity index (χ0v) is 44.4. The third-order valence-electron chi connectivity index (χ3n) is 12.2. The molecule has 0 radical (unpaired) electrons. The van der Waals surface area contributed by atoms with Gasteiger partial charge in [-0.3, -0.25) is 9.36 Å². The lowest BCUT2D eigenvalue weighted by molar-refractivity contribution is 0.229. The average Bonchev–Trinajstić information content (AvgIpc) is 4.32. The molecule has 8 aromatic rings. The Morgan fingerprint density at radius 3 is 1.01 bits per heavy atom. The molecule has 0 bridgehead atoms. The first kappa shape index (κ1) is 54.3. The van der Waals surface area contributed by atoms with Gasteiger partial charge < -0.3 is 9.47 Å². The Morgan fingerprint density at radius 2 is 0.643 bits per heavy atom. The molecule has 70 heavy (non-hydrogen) atoms. The standard InChI is InChI=1S/C14H16N2.C13H14N2O.C13H14N2.C12H12N2O.4C2H6/c1-11-13-9-5-6-10-16(13)15-14(11)12-7-3-2-4-8-12;1-10-12(11-6-3-2-4-7-11)14-15-8-5-9-16-13(10)15;1-10-12-8-5-9-15(12)14-13(10)11-6-3-2-4-7-11;1-9-11(10-5-3-2-4-6-10)13-14-7-8-15-12(9)14;4*1-2/h2-4,7-8H,5-6,9-10H2,1H3;2-4,6-7H,5,8-9H2,1H3;2-4,6-7H,5,8-9H2,1H3;2-6H,7-8H2,1H3;4*1-2H3. The van der Waals surface area contributed by atoms with E-state index in [0.29, 0.717) is 0 Å². The molecule has 0 unspecified atom stereocenters. The molecule has 12 rings (SSSR count). The van der Waals surface area contributed by atoms with Gasteiger partial charge in [0.2, 0.25) is 11.8 Å². The molecule has 0 saturated heterocycles. The van der Waals surface area contributed by atoms with Crippen molar-refractivity contribution in [3.8, 4) is 56.8 Å². The van der Waals surface area contributed by atoms with Crippen molar-refractivity contribution in [2.75, 3.05) is 13.2 Å². The molecule has 0 aliphatic carbocycles. The predicted molar refractivity (Wildman–Crippen MR) is 292 cm³/mol. The molecule has 0 atom stereocenters. The van der Waals surface area contributed by atoms with Crippen molar-refractivity contribution >= 4 is 0 Å². The molecule has 0 N–H and O–H groups in total. The van der Waals surface area contributed by atoms with Gasteiger partial charge in [-0.2, -0.15) is 20.4 Å². The van der Waals surface area contributed by atoms with Crippen LogP contribution in [0.15, 0.2) is 121 Å². The Balaban J connectivity index is 0.000000166. The van der Waals surface area contributed by atoms with E-state index in [-0.39, 0.29) is 0 Å². The highest BCUT2D eigenvalue weighted by molar-refractivity contribution is 5.67. The molecule has 8 heterocycles. The van der Waals surface area contributed by atoms with Crippen LogP contribution in [0.1, 0.15) is 115 Å². The zero-order valence-electron chi connectivity index (χ0n) is 44.4. The van der Waals surface area contributed by atoms with E-state index in [0.717, 1.165) is 103 Å². The summed E-state index contributed by atoms with van der Waals surface area (Å²) in [6, 6.07) is 41.4. The minimum Gasteiger partial charge on any atom is -0.478 e. The van der Waals surface area contributed by atoms with Crippen LogP contribution in [0.3, 0.4) is 0 Å². The van der Waals surface area contributed by atoms with Gasteiger partial charge in [-0.15, -0.1) is 0 Å². The fraction of sp³-hybridized carbons (Fsp3) is 0.400. The quantitative estimate of drug-likeness (QED) is 0.175. The number of aromatic nitrogens is 8. The second-order valence-corrected chi connectivity index (χ2v) is 16.4. The molecule has 4 aromatic carbocycles. The molecule has 4 aromatic heterocycles. The molecule has 0 fully saturated rings. The van der Waals surface area contributed by atoms with Crippen LogP contribution in [0.25, 0.3) is 45.0 Å². The summed E-state index contributed by atoms with van der Waals surface area (Å²) < 4.78 is 19.5. The monoisotopic (exact) mass is 945 g/mol. The number of fused-ring (bicyclic) bond motifs is 4. The lowest BCUT2D eigenvalue weighted by Gasteiger charge is -2.14. The summed E-state index contributed by atoms with van der Waals surface area (Å²) in [4.78, 5) is 0. The van der Waals surface area contributed by atoms with Gasteiger partial charge in [-0.1, -0.05) is 177 Å². The maximum Gasteiger partial charge on any atom is 0.215 e. The Kier molecular flexibility index (Phi) is 21.8. The van der Waals surface area contributed by atoms with E-state index in [2.05, 4.69) is 131 Å². The van der Waals surface area contributed by atoms with Crippen molar-refractivity contribution in [2.45, 2.75) is 148 Å². The van der Waals surface area contributed by atoms with Crippen molar-refractivity contribution < 1.29 is 9.47 Å². The maximum atomic E-state index is 5.66. The van der Waals surface area contributed by atoms with Gasteiger partial charge in [0.15, 0.2) is 0 Å². The molecule has 4 aliphatic rings. The van der Waals surface area contributed by atoms with Crippen LogP contribution in [0.4, 0.5) is 0 Å². The number of aryl methyl sites for hydroxylation is 3. The van der Waals surface area contributed by atoms with Crippen LogP contribution in [0.5, 0.6) is 11.8 Å². The van der Waals surface area contributed by atoms with Gasteiger partial charge >= 0.3 is 0 Å². The first-order chi connectivity index (χ1) is 34.4. The van der Waals surface area contributed by atoms with Crippen LogP contribution in [-0.2, 0) is 39.0 Å². The topological polar surface area (TPSA) is 89.7 Å². The summed E-state index contributed by atoms with van der Waals surface area (Å²) in [6.07, 6.45) is 7.24. The smallest absolute Gasteiger partial charge is 0.215 e. The highest BCUT2D eigenvalue weighted by Crippen LogP contribution is 2.34. The second kappa shape index (κ2) is 28.1. The van der Waals surface area contributed by atoms with E-state index in [4.69, 9.17) is 14.6 Å². The van der Waals surface area contributed by atoms with E-state index in [1.807, 2.05) is 107 Å². The summed E-state index contributed by atoms with van der Waals surface area (Å²) in [5.74, 6) is 1.86. The number of nitrogens with zero attached hydrogens (tertiary/aromatic N) is 8. The third kappa shape index (κ3) is 12.9. The molecular formula is C60H80N8O2. The molecular weight excluding hydrogens is 865 g/mol. The molecule has 10 nitrogen and oxygen atoms in total. The molecule has 0 saturated carbocycles. The van der Waals surface area contributed by atoms with Crippen molar-refractivity contribution in [3.05, 3.63) is 155 Å². The van der Waals surface area contributed by atoms with Crippen molar-refractivity contribution in [3.63, 3.8) is 0 Å². The largest absolute Gasteiger partial charge is 0.478 e. The van der Waals surface area contributed by atoms with Crippen LogP contribution in [-0.4, -0.2) is 52.3 Å². The SMILES string of the molecule is CC.CC.CC.CC.Cc1c(-c2ccccc2)nn2c1CCC2.Cc1c(-c2ccccc2)nn2c1CCCC2.Cc1c(-c2ccccc2)nn2c1OCC2.Cc1c(-c2ccccc2)nn2c1OCCC2. The predicted octanol–water partition coefficient (Wildman–Crippen LogP) is 15.0. The van der Waals surface area contributed by atoms with E-state index in [1.54, 1.807) is 0 Å². The van der Waals surface area contributed by atoms with E-state index in [1.165, 1.54) is 65.7 Å². The van der Waals surface area contributed by atoms with Crippen molar-refractivity contribution in [1.82, 2.24) is 39.1 Å². The highest BCUT2D eigenvalue weighted by Gasteiger charge is 2.23. The number of ether oxygens (including phenoxy) is 2. The van der Waals surface area contributed by atoms with Crippen LogP contribution in [0.2, 0.25) is 0 Å². The lowest BCUT2D eigenvalue weighted by atomic mass is 10.0. The number of hydrogen-bond acceptors (Lipinski definition) is 6. The molecule has 4 aliphatic heterocycles. The first-order valence-corrected chi connectivity index (χ1v) is 26.2. The summed E-state index contributed by atoms with van der Waals surface area (Å²) in [7, 11) is 0. The van der Waals surface area contributed by atoms with Gasteiger partial charge in [-0.25, -0.2) is 9.36 Å². The lowest BCUT2D eigenvalue weighted by Crippen LogP contribution is -2.14. The van der Waals surface area contributed by atoms with Crippen LogP contribution >= 0.6 is 0 Å². The van der Waals surface area contributed by atoms with Gasteiger partial charge in [0, 0.05) is 70.8 Å². The molecule has 0 spiro atoms. The zero-order chi connectivity index (χ0) is 50.4. The van der Waals surface area contributed by atoms with E-state index in [9.17, 15) is 0 Å². The third-order valence-corrected chi connectivity index (χ3v) is 12.2. The summed E-state index contributed by atoms with van der Waals surface area (Å²) in [6.45, 7) is 30.1. The number of rotatable bonds is 4. The van der Waals surface area contributed by atoms with E-state index >= 15 is 0 Å². The van der Waals surface area contributed by atoms with Crippen LogP contribution < -0.4 is 9.47 Å². The Bertz CT molecular complexity index is 2540. The number of hydrogen-bond donors (Lipinski definition) is 0. The van der Waals surface area contributed by atoms with Gasteiger partial charge in [0.25, 0.3) is 0 Å². The second-order valence-electron chi connectivity index (χ2n) is 16.4. The first-order valence-electron chi connectivity index (χ1n) is 26.2. The van der Waals surface area contributed by atoms with E-state index < -0.39 is 0 Å². The van der Waals surface area contributed by atoms with Gasteiger partial charge in [0.05, 0.1) is 35.9 Å². The number of benzene rings is 4. The van der Waals surface area contributed by atoms with Gasteiger partial charge in [0.1, 0.15) is 6.61 Å². The summed E-state index contributed by atoms with van der Waals surface area (Å²) >= 11 is 0. The minimum absolute atomic E-state index is 0.748.